The fourth-order valence-corrected chi connectivity index (χ4v) is 3.10. The Kier molecular flexibility index (Phi) is 5.96. The molecule has 142 valence electrons. The average Bonchev–Trinajstić information content (AvgIpc) is 3.10. The van der Waals surface area contributed by atoms with Gasteiger partial charge in [-0.3, -0.25) is 9.48 Å². The van der Waals surface area contributed by atoms with Gasteiger partial charge in [0.2, 0.25) is 5.91 Å². The molecule has 0 aliphatic rings. The van der Waals surface area contributed by atoms with Crippen molar-refractivity contribution in [1.82, 2.24) is 15.1 Å². The van der Waals surface area contributed by atoms with Crippen molar-refractivity contribution in [1.29, 1.82) is 0 Å². The molecule has 0 fully saturated rings. The number of rotatable bonds is 8. The SMILES string of the molecule is COc1ccc(CCNC(=O)CCn2ncc3c(C)cccc32)cc1OC. The number of nitrogens with zero attached hydrogens (tertiary/aromatic N) is 2. The van der Waals surface area contributed by atoms with Gasteiger partial charge >= 0.3 is 0 Å². The number of aryl methyl sites for hydroxylation is 2. The number of carbonyl (C=O) groups is 1. The first kappa shape index (κ1) is 18.8. The zero-order chi connectivity index (χ0) is 19.2. The van der Waals surface area contributed by atoms with E-state index in [4.69, 9.17) is 9.47 Å². The molecule has 1 N–H and O–H groups in total. The van der Waals surface area contributed by atoms with Crippen LogP contribution in [0.5, 0.6) is 11.5 Å². The van der Waals surface area contributed by atoms with Crippen LogP contribution >= 0.6 is 0 Å². The Morgan fingerprint density at radius 3 is 2.74 bits per heavy atom. The normalized spacial score (nSPS) is 10.8. The van der Waals surface area contributed by atoms with Crippen molar-refractivity contribution in [2.24, 2.45) is 0 Å². The summed E-state index contributed by atoms with van der Waals surface area (Å²) >= 11 is 0. The third-order valence-electron chi connectivity index (χ3n) is 4.64. The van der Waals surface area contributed by atoms with Crippen LogP contribution in [0.4, 0.5) is 0 Å². The molecule has 1 heterocycles. The van der Waals surface area contributed by atoms with Gasteiger partial charge in [0.15, 0.2) is 11.5 Å². The van der Waals surface area contributed by atoms with Crippen LogP contribution < -0.4 is 14.8 Å². The molecule has 1 aromatic heterocycles. The number of aromatic nitrogens is 2. The number of fused-ring (bicyclic) bond motifs is 1. The Bertz CT molecular complexity index is 934. The molecule has 0 saturated carbocycles. The van der Waals surface area contributed by atoms with Crippen LogP contribution in [0, 0.1) is 6.92 Å². The first-order chi connectivity index (χ1) is 13.1. The smallest absolute Gasteiger partial charge is 0.221 e. The Morgan fingerprint density at radius 1 is 1.15 bits per heavy atom. The fraction of sp³-hybridized carbons (Fsp3) is 0.333. The number of amides is 1. The molecule has 3 rings (SSSR count). The topological polar surface area (TPSA) is 65.4 Å². The monoisotopic (exact) mass is 367 g/mol. The maximum atomic E-state index is 12.2. The number of ether oxygens (including phenoxy) is 2. The number of methoxy groups -OCH3 is 2. The maximum Gasteiger partial charge on any atom is 0.221 e. The van der Waals surface area contributed by atoms with Gasteiger partial charge in [-0.2, -0.15) is 5.10 Å². The van der Waals surface area contributed by atoms with Crippen molar-refractivity contribution in [2.75, 3.05) is 20.8 Å². The summed E-state index contributed by atoms with van der Waals surface area (Å²) in [5.74, 6) is 1.42. The van der Waals surface area contributed by atoms with E-state index >= 15 is 0 Å². The molecule has 2 aromatic carbocycles. The molecule has 0 unspecified atom stereocenters. The van der Waals surface area contributed by atoms with E-state index in [-0.39, 0.29) is 5.91 Å². The van der Waals surface area contributed by atoms with Crippen LogP contribution in [0.1, 0.15) is 17.5 Å². The lowest BCUT2D eigenvalue weighted by Crippen LogP contribution is -2.26. The molecular formula is C21H25N3O3. The minimum Gasteiger partial charge on any atom is -0.493 e. The molecular weight excluding hydrogens is 342 g/mol. The molecule has 0 bridgehead atoms. The lowest BCUT2D eigenvalue weighted by molar-refractivity contribution is -0.121. The summed E-state index contributed by atoms with van der Waals surface area (Å²) in [6.45, 7) is 3.21. The molecule has 0 atom stereocenters. The molecule has 6 nitrogen and oxygen atoms in total. The highest BCUT2D eigenvalue weighted by molar-refractivity contribution is 5.82. The Balaban J connectivity index is 1.49. The summed E-state index contributed by atoms with van der Waals surface area (Å²) in [4.78, 5) is 12.2. The van der Waals surface area contributed by atoms with Crippen LogP contribution in [0.15, 0.2) is 42.6 Å². The van der Waals surface area contributed by atoms with E-state index in [1.54, 1.807) is 14.2 Å². The predicted molar refractivity (Wildman–Crippen MR) is 105 cm³/mol. The van der Waals surface area contributed by atoms with Crippen molar-refractivity contribution in [3.05, 3.63) is 53.7 Å². The quantitative estimate of drug-likeness (QED) is 0.664. The van der Waals surface area contributed by atoms with Gasteiger partial charge in [-0.1, -0.05) is 18.2 Å². The van der Waals surface area contributed by atoms with Gasteiger partial charge < -0.3 is 14.8 Å². The molecule has 0 saturated heterocycles. The highest BCUT2D eigenvalue weighted by Crippen LogP contribution is 2.27. The second-order valence-corrected chi connectivity index (χ2v) is 6.41. The van der Waals surface area contributed by atoms with Crippen LogP contribution in [-0.4, -0.2) is 36.5 Å². The number of hydrogen-bond donors (Lipinski definition) is 1. The highest BCUT2D eigenvalue weighted by atomic mass is 16.5. The van der Waals surface area contributed by atoms with Gasteiger partial charge in [-0.05, 0) is 42.7 Å². The van der Waals surface area contributed by atoms with E-state index in [0.29, 0.717) is 31.0 Å². The van der Waals surface area contributed by atoms with Crippen LogP contribution in [-0.2, 0) is 17.8 Å². The van der Waals surface area contributed by atoms with Crippen molar-refractivity contribution in [2.45, 2.75) is 26.3 Å². The molecule has 6 heteroatoms. The standard InChI is InChI=1S/C21H25N3O3/c1-15-5-4-6-18-17(15)14-23-24(18)12-10-21(25)22-11-9-16-7-8-19(26-2)20(13-16)27-3/h4-8,13-14H,9-12H2,1-3H3,(H,22,25). The van der Waals surface area contributed by atoms with Gasteiger partial charge in [-0.15, -0.1) is 0 Å². The Hall–Kier alpha value is -3.02. The van der Waals surface area contributed by atoms with Crippen molar-refractivity contribution in [3.63, 3.8) is 0 Å². The van der Waals surface area contributed by atoms with E-state index < -0.39 is 0 Å². The van der Waals surface area contributed by atoms with Crippen molar-refractivity contribution in [3.8, 4) is 11.5 Å². The zero-order valence-corrected chi connectivity index (χ0v) is 16.0. The predicted octanol–water partition coefficient (Wildman–Crippen LogP) is 3.11. The highest BCUT2D eigenvalue weighted by Gasteiger charge is 2.08. The van der Waals surface area contributed by atoms with Crippen molar-refractivity contribution < 1.29 is 14.3 Å². The third-order valence-corrected chi connectivity index (χ3v) is 4.64. The van der Waals surface area contributed by atoms with E-state index in [0.717, 1.165) is 22.9 Å². The molecule has 0 radical (unpaired) electrons. The summed E-state index contributed by atoms with van der Waals surface area (Å²) in [7, 11) is 3.23. The van der Waals surface area contributed by atoms with E-state index in [1.807, 2.05) is 41.2 Å². The van der Waals surface area contributed by atoms with Gasteiger partial charge in [-0.25, -0.2) is 0 Å². The number of benzene rings is 2. The maximum absolute atomic E-state index is 12.2. The largest absolute Gasteiger partial charge is 0.493 e. The summed E-state index contributed by atoms with van der Waals surface area (Å²) in [6, 6.07) is 11.9. The molecule has 0 aliphatic heterocycles. The van der Waals surface area contributed by atoms with E-state index in [2.05, 4.69) is 23.4 Å². The molecule has 27 heavy (non-hydrogen) atoms. The molecule has 0 spiro atoms. The fourth-order valence-electron chi connectivity index (χ4n) is 3.10. The van der Waals surface area contributed by atoms with E-state index in [9.17, 15) is 4.79 Å². The van der Waals surface area contributed by atoms with Crippen LogP contribution in [0.2, 0.25) is 0 Å². The molecule has 1 amide bonds. The van der Waals surface area contributed by atoms with Crippen molar-refractivity contribution >= 4 is 16.8 Å². The zero-order valence-electron chi connectivity index (χ0n) is 16.0. The van der Waals surface area contributed by atoms with E-state index in [1.165, 1.54) is 5.56 Å². The minimum atomic E-state index is 0.0202. The second kappa shape index (κ2) is 8.58. The Labute approximate surface area is 159 Å². The number of hydrogen-bond acceptors (Lipinski definition) is 4. The lowest BCUT2D eigenvalue weighted by atomic mass is 10.1. The summed E-state index contributed by atoms with van der Waals surface area (Å²) in [5.41, 5.74) is 3.34. The minimum absolute atomic E-state index is 0.0202. The second-order valence-electron chi connectivity index (χ2n) is 6.41. The Morgan fingerprint density at radius 2 is 1.96 bits per heavy atom. The number of carbonyl (C=O) groups excluding carboxylic acids is 1. The number of nitrogens with one attached hydrogen (secondary N) is 1. The first-order valence-corrected chi connectivity index (χ1v) is 9.01. The van der Waals surface area contributed by atoms with Gasteiger partial charge in [0.25, 0.3) is 0 Å². The van der Waals surface area contributed by atoms with Crippen LogP contribution in [0.25, 0.3) is 10.9 Å². The summed E-state index contributed by atoms with van der Waals surface area (Å²) in [5, 5.41) is 8.50. The van der Waals surface area contributed by atoms with Gasteiger partial charge in [0.1, 0.15) is 0 Å². The third kappa shape index (κ3) is 4.39. The average molecular weight is 367 g/mol. The lowest BCUT2D eigenvalue weighted by Gasteiger charge is -2.10. The molecule has 3 aromatic rings. The summed E-state index contributed by atoms with van der Waals surface area (Å²) in [6.07, 6.45) is 2.99. The first-order valence-electron chi connectivity index (χ1n) is 9.01. The van der Waals surface area contributed by atoms with Crippen LogP contribution in [0.3, 0.4) is 0 Å². The van der Waals surface area contributed by atoms with Gasteiger partial charge in [0.05, 0.1) is 32.5 Å². The summed E-state index contributed by atoms with van der Waals surface area (Å²) < 4.78 is 12.4. The van der Waals surface area contributed by atoms with Gasteiger partial charge in [0, 0.05) is 18.4 Å². The molecule has 0 aliphatic carbocycles.